The number of morpholine rings is 1. The number of aryl methyl sites for hydroxylation is 1. The third kappa shape index (κ3) is 6.30. The van der Waals surface area contributed by atoms with Gasteiger partial charge in [0.2, 0.25) is 0 Å². The van der Waals surface area contributed by atoms with E-state index in [4.69, 9.17) is 9.84 Å². The van der Waals surface area contributed by atoms with Crippen molar-refractivity contribution >= 4 is 17.6 Å². The van der Waals surface area contributed by atoms with Gasteiger partial charge in [0.15, 0.2) is 0 Å². The Morgan fingerprint density at radius 2 is 1.92 bits per heavy atom. The van der Waals surface area contributed by atoms with Gasteiger partial charge in [0.25, 0.3) is 5.91 Å². The average Bonchev–Trinajstić information content (AvgIpc) is 3.48. The number of urea groups is 1. The van der Waals surface area contributed by atoms with E-state index in [1.807, 2.05) is 43.8 Å². The molecule has 0 saturated carbocycles. The molecule has 9 nitrogen and oxygen atoms in total. The Labute approximate surface area is 211 Å². The number of nitrogens with one attached hydrogen (secondary N) is 1. The SMILES string of the molecule is CC(C)NC(=O)N(CCN1CCOCC1)CC(=O)N1N=C(c2cccn2C)C[C@@H]1c1ccc(F)cc1. The maximum Gasteiger partial charge on any atom is 0.318 e. The summed E-state index contributed by atoms with van der Waals surface area (Å²) in [6.07, 6.45) is 2.43. The number of rotatable bonds is 8. The van der Waals surface area contributed by atoms with Crippen LogP contribution in [0.25, 0.3) is 0 Å². The van der Waals surface area contributed by atoms with Gasteiger partial charge in [0, 0.05) is 51.9 Å². The fraction of sp³-hybridized carbons (Fsp3) is 0.500. The number of amides is 3. The van der Waals surface area contributed by atoms with Crippen molar-refractivity contribution in [1.29, 1.82) is 0 Å². The Bertz CT molecular complexity index is 1080. The molecule has 1 aromatic heterocycles. The molecule has 1 aromatic carbocycles. The van der Waals surface area contributed by atoms with Gasteiger partial charge >= 0.3 is 6.03 Å². The molecule has 36 heavy (non-hydrogen) atoms. The smallest absolute Gasteiger partial charge is 0.318 e. The second-order valence-corrected chi connectivity index (χ2v) is 9.54. The highest BCUT2D eigenvalue weighted by Crippen LogP contribution is 2.33. The van der Waals surface area contributed by atoms with Gasteiger partial charge in [-0.15, -0.1) is 0 Å². The lowest BCUT2D eigenvalue weighted by Gasteiger charge is -2.31. The van der Waals surface area contributed by atoms with Crippen molar-refractivity contribution in [2.24, 2.45) is 12.1 Å². The minimum Gasteiger partial charge on any atom is -0.379 e. The van der Waals surface area contributed by atoms with Crippen LogP contribution in [0, 0.1) is 5.82 Å². The van der Waals surface area contributed by atoms with Gasteiger partial charge in [-0.2, -0.15) is 5.10 Å². The van der Waals surface area contributed by atoms with Gasteiger partial charge in [-0.3, -0.25) is 9.69 Å². The molecule has 2 aromatic rings. The summed E-state index contributed by atoms with van der Waals surface area (Å²) < 4.78 is 21.0. The van der Waals surface area contributed by atoms with Crippen LogP contribution in [0.2, 0.25) is 0 Å². The minimum absolute atomic E-state index is 0.0563. The van der Waals surface area contributed by atoms with Crippen LogP contribution in [0.1, 0.15) is 37.6 Å². The lowest BCUT2D eigenvalue weighted by atomic mass is 10.0. The van der Waals surface area contributed by atoms with Gasteiger partial charge in [0.1, 0.15) is 12.4 Å². The van der Waals surface area contributed by atoms with Crippen LogP contribution < -0.4 is 5.32 Å². The standard InChI is InChI=1S/C26H35FN6O3/c1-19(2)28-26(35)32(12-11-31-13-15-36-16-14-31)18-25(34)33-24(20-6-8-21(27)9-7-20)17-22(29-33)23-5-4-10-30(23)3/h4-10,19,24H,11-18H2,1-3H3,(H,28,35)/t24-/m1/s1. The van der Waals surface area contributed by atoms with Crippen LogP contribution in [0.3, 0.4) is 0 Å². The summed E-state index contributed by atoms with van der Waals surface area (Å²) in [5.41, 5.74) is 2.49. The molecule has 194 valence electrons. The number of halogens is 1. The third-order valence-corrected chi connectivity index (χ3v) is 6.48. The molecule has 1 N–H and O–H groups in total. The average molecular weight is 499 g/mol. The zero-order valence-corrected chi connectivity index (χ0v) is 21.2. The Hall–Kier alpha value is -3.24. The Balaban J connectivity index is 1.54. The molecule has 3 heterocycles. The number of hydrogen-bond acceptors (Lipinski definition) is 5. The molecule has 0 bridgehead atoms. The quantitative estimate of drug-likeness (QED) is 0.607. The molecule has 2 aliphatic rings. The van der Waals surface area contributed by atoms with Gasteiger partial charge in [-0.1, -0.05) is 12.1 Å². The van der Waals surface area contributed by atoms with E-state index in [9.17, 15) is 14.0 Å². The lowest BCUT2D eigenvalue weighted by Crippen LogP contribution is -2.50. The number of hydrazone groups is 1. The maximum atomic E-state index is 13.6. The number of carbonyl (C=O) groups is 2. The minimum atomic E-state index is -0.378. The fourth-order valence-corrected chi connectivity index (χ4v) is 4.51. The van der Waals surface area contributed by atoms with Crippen molar-refractivity contribution in [2.75, 3.05) is 45.9 Å². The topological polar surface area (TPSA) is 82.4 Å². The van der Waals surface area contributed by atoms with E-state index in [0.717, 1.165) is 30.1 Å². The van der Waals surface area contributed by atoms with E-state index in [-0.39, 0.29) is 36.4 Å². The van der Waals surface area contributed by atoms with E-state index < -0.39 is 0 Å². The molecule has 1 saturated heterocycles. The molecule has 3 amide bonds. The molecule has 0 spiro atoms. The van der Waals surface area contributed by atoms with Crippen LogP contribution in [0.4, 0.5) is 9.18 Å². The van der Waals surface area contributed by atoms with E-state index >= 15 is 0 Å². The normalized spacial score (nSPS) is 18.4. The molecule has 0 unspecified atom stereocenters. The molecular formula is C26H35FN6O3. The summed E-state index contributed by atoms with van der Waals surface area (Å²) in [5, 5.41) is 9.06. The van der Waals surface area contributed by atoms with E-state index in [1.165, 1.54) is 17.1 Å². The van der Waals surface area contributed by atoms with Crippen LogP contribution >= 0.6 is 0 Å². The first-order chi connectivity index (χ1) is 17.3. The third-order valence-electron chi connectivity index (χ3n) is 6.48. The highest BCUT2D eigenvalue weighted by atomic mass is 19.1. The highest BCUT2D eigenvalue weighted by Gasteiger charge is 2.35. The molecule has 0 radical (unpaired) electrons. The number of carbonyl (C=O) groups excluding carboxylic acids is 2. The number of benzene rings is 1. The van der Waals surface area contributed by atoms with Crippen molar-refractivity contribution < 1.29 is 18.7 Å². The first-order valence-electron chi connectivity index (χ1n) is 12.4. The Kier molecular flexibility index (Phi) is 8.37. The van der Waals surface area contributed by atoms with Gasteiger partial charge in [0.05, 0.1) is 30.7 Å². The zero-order chi connectivity index (χ0) is 25.7. The molecule has 1 fully saturated rings. The molecule has 1 atom stereocenters. The largest absolute Gasteiger partial charge is 0.379 e. The molecule has 0 aliphatic carbocycles. The lowest BCUT2D eigenvalue weighted by molar-refractivity contribution is -0.133. The summed E-state index contributed by atoms with van der Waals surface area (Å²) in [6, 6.07) is 9.33. The first-order valence-corrected chi connectivity index (χ1v) is 12.4. The zero-order valence-electron chi connectivity index (χ0n) is 21.2. The number of nitrogens with zero attached hydrogens (tertiary/aromatic N) is 5. The number of aromatic nitrogens is 1. The van der Waals surface area contributed by atoms with Gasteiger partial charge in [-0.25, -0.2) is 14.2 Å². The fourth-order valence-electron chi connectivity index (χ4n) is 4.51. The monoisotopic (exact) mass is 498 g/mol. The summed E-state index contributed by atoms with van der Waals surface area (Å²) >= 11 is 0. The summed E-state index contributed by atoms with van der Waals surface area (Å²) in [5.74, 6) is -0.618. The van der Waals surface area contributed by atoms with Crippen molar-refractivity contribution in [3.8, 4) is 0 Å². The summed E-state index contributed by atoms with van der Waals surface area (Å²) in [6.45, 7) is 7.68. The van der Waals surface area contributed by atoms with E-state index in [2.05, 4.69) is 10.2 Å². The van der Waals surface area contributed by atoms with Crippen LogP contribution in [0.5, 0.6) is 0 Å². The van der Waals surface area contributed by atoms with Crippen LogP contribution in [-0.4, -0.2) is 89.0 Å². The number of ether oxygens (including phenoxy) is 1. The Morgan fingerprint density at radius 1 is 1.19 bits per heavy atom. The molecule has 10 heteroatoms. The van der Waals surface area contributed by atoms with Crippen molar-refractivity contribution in [2.45, 2.75) is 32.4 Å². The van der Waals surface area contributed by atoms with Crippen LogP contribution in [-0.2, 0) is 16.6 Å². The summed E-state index contributed by atoms with van der Waals surface area (Å²) in [4.78, 5) is 30.4. The van der Waals surface area contributed by atoms with Gasteiger partial charge in [-0.05, 0) is 43.7 Å². The van der Waals surface area contributed by atoms with Crippen molar-refractivity contribution in [3.63, 3.8) is 0 Å². The Morgan fingerprint density at radius 3 is 2.56 bits per heavy atom. The second kappa shape index (κ2) is 11.7. The van der Waals surface area contributed by atoms with Crippen LogP contribution in [0.15, 0.2) is 47.7 Å². The van der Waals surface area contributed by atoms with E-state index in [0.29, 0.717) is 32.7 Å². The van der Waals surface area contributed by atoms with E-state index in [1.54, 1.807) is 17.0 Å². The van der Waals surface area contributed by atoms with Crippen molar-refractivity contribution in [1.82, 2.24) is 24.7 Å². The predicted octanol–water partition coefficient (Wildman–Crippen LogP) is 2.59. The van der Waals surface area contributed by atoms with Gasteiger partial charge < -0.3 is 19.5 Å². The summed E-state index contributed by atoms with van der Waals surface area (Å²) in [7, 11) is 1.93. The van der Waals surface area contributed by atoms with Crippen molar-refractivity contribution in [3.05, 3.63) is 59.7 Å². The molecule has 4 rings (SSSR count). The highest BCUT2D eigenvalue weighted by molar-refractivity contribution is 6.02. The molecular weight excluding hydrogens is 463 g/mol. The number of hydrogen-bond donors (Lipinski definition) is 1. The predicted molar refractivity (Wildman–Crippen MR) is 135 cm³/mol. The molecule has 2 aliphatic heterocycles. The maximum absolute atomic E-state index is 13.6. The first kappa shape index (κ1) is 25.8. The second-order valence-electron chi connectivity index (χ2n) is 9.54.